The van der Waals surface area contributed by atoms with Crippen LogP contribution in [0.15, 0.2) is 76.1 Å². The van der Waals surface area contributed by atoms with Crippen LogP contribution in [0.5, 0.6) is 0 Å². The van der Waals surface area contributed by atoms with Crippen molar-refractivity contribution in [3.05, 3.63) is 80.7 Å². The summed E-state index contributed by atoms with van der Waals surface area (Å²) < 4.78 is 13.2. The zero-order valence-corrected chi connectivity index (χ0v) is 21.1. The fourth-order valence-electron chi connectivity index (χ4n) is 4.14. The molecule has 31 heavy (non-hydrogen) atoms. The van der Waals surface area contributed by atoms with Crippen LogP contribution >= 0.6 is 0 Å². The number of fused-ring (bicyclic) bond motifs is 2. The van der Waals surface area contributed by atoms with E-state index in [1.807, 2.05) is 0 Å². The van der Waals surface area contributed by atoms with Crippen LogP contribution in [0.2, 0.25) is 0 Å². The number of hydrogen-bond donors (Lipinski definition) is 0. The van der Waals surface area contributed by atoms with Crippen molar-refractivity contribution in [3.63, 3.8) is 0 Å². The summed E-state index contributed by atoms with van der Waals surface area (Å²) in [5, 5.41) is 0. The number of benzene rings is 2. The van der Waals surface area contributed by atoms with Crippen LogP contribution < -0.4 is 13.9 Å². The topological polar surface area (TPSA) is 33.4 Å². The Kier molecular flexibility index (Phi) is 5.49. The number of allylic oxidation sites excluding steroid dienone is 3. The Balaban J connectivity index is 1.54. The predicted octanol–water partition coefficient (Wildman–Crippen LogP) is 2.78. The van der Waals surface area contributed by atoms with E-state index < -0.39 is 0 Å². The molecule has 0 saturated heterocycles. The van der Waals surface area contributed by atoms with Gasteiger partial charge in [-0.05, 0) is 0 Å². The van der Waals surface area contributed by atoms with Gasteiger partial charge in [0.1, 0.15) is 0 Å². The molecule has 3 aromatic rings. The monoisotopic (exact) mass is 543 g/mol. The summed E-state index contributed by atoms with van der Waals surface area (Å²) in [6, 6.07) is 17.0. The van der Waals surface area contributed by atoms with Gasteiger partial charge in [-0.25, -0.2) is 0 Å². The van der Waals surface area contributed by atoms with Crippen LogP contribution in [0, 0.1) is 0 Å². The van der Waals surface area contributed by atoms with Gasteiger partial charge in [-0.3, -0.25) is 0 Å². The minimum absolute atomic E-state index is 0.0856. The van der Waals surface area contributed by atoms with Gasteiger partial charge in [0.15, 0.2) is 0 Å². The van der Waals surface area contributed by atoms with Gasteiger partial charge in [-0.15, -0.1) is 0 Å². The number of rotatable bonds is 5. The third-order valence-electron chi connectivity index (χ3n) is 5.62. The number of aryl methyl sites for hydroxylation is 1. The first-order chi connectivity index (χ1) is 15.2. The van der Waals surface area contributed by atoms with Crippen molar-refractivity contribution < 1.29 is 14.1 Å². The van der Waals surface area contributed by atoms with Crippen molar-refractivity contribution in [2.75, 3.05) is 18.6 Å². The molecule has 2 heterocycles. The molecule has 156 valence electrons. The van der Waals surface area contributed by atoms with E-state index in [-0.39, 0.29) is 35.2 Å². The molecule has 0 amide bonds. The van der Waals surface area contributed by atoms with Crippen molar-refractivity contribution in [2.45, 2.75) is 20.4 Å². The second kappa shape index (κ2) is 8.29. The van der Waals surface area contributed by atoms with E-state index in [0.29, 0.717) is 11.1 Å². The van der Waals surface area contributed by atoms with E-state index in [4.69, 9.17) is 4.74 Å². The summed E-state index contributed by atoms with van der Waals surface area (Å²) in [6.45, 7) is 6.09. The van der Waals surface area contributed by atoms with Gasteiger partial charge in [-0.1, -0.05) is 0 Å². The molecule has 1 aliphatic heterocycles. The van der Waals surface area contributed by atoms with E-state index >= 15 is 0 Å². The molecule has 2 aromatic carbocycles. The Morgan fingerprint density at radius 3 is 2.61 bits per heavy atom. The first-order valence-electron chi connectivity index (χ1n) is 10.4. The van der Waals surface area contributed by atoms with Gasteiger partial charge in [0.05, 0.1) is 0 Å². The predicted molar refractivity (Wildman–Crippen MR) is 127 cm³/mol. The SMILES string of the molecule is CCN1C(=CC2=C(OC)C(=Cc3[se]c4ccccc4[n+]3CC)C2=O)[Se]c2ccccc21. The minimum atomic E-state index is 0.0856. The van der Waals surface area contributed by atoms with Gasteiger partial charge >= 0.3 is 195 Å². The summed E-state index contributed by atoms with van der Waals surface area (Å²) >= 11 is 0.393. The Hall–Kier alpha value is -2.36. The summed E-state index contributed by atoms with van der Waals surface area (Å²) in [4.78, 5) is 15.5. The number of carbonyl (C=O) groups excluding carboxylic acids is 1. The molecule has 0 spiro atoms. The number of para-hydroxylation sites is 2. The fraction of sp³-hybridized carbons (Fsp3) is 0.200. The van der Waals surface area contributed by atoms with Crippen LogP contribution in [0.4, 0.5) is 5.69 Å². The normalized spacial score (nSPS) is 18.3. The second-order valence-corrected chi connectivity index (χ2v) is 11.7. The maximum absolute atomic E-state index is 13.2. The Morgan fingerprint density at radius 2 is 1.84 bits per heavy atom. The zero-order chi connectivity index (χ0) is 21.5. The number of methoxy groups -OCH3 is 1. The number of aromatic nitrogens is 1. The molecule has 6 heteroatoms. The zero-order valence-electron chi connectivity index (χ0n) is 17.7. The molecule has 0 unspecified atom stereocenters. The molecule has 1 aromatic heterocycles. The second-order valence-electron chi connectivity index (χ2n) is 7.28. The Bertz CT molecular complexity index is 1300. The third-order valence-corrected chi connectivity index (χ3v) is 10.3. The van der Waals surface area contributed by atoms with Gasteiger partial charge in [0, 0.05) is 0 Å². The molecule has 0 radical (unpaired) electrons. The van der Waals surface area contributed by atoms with E-state index in [2.05, 4.69) is 84.0 Å². The van der Waals surface area contributed by atoms with Crippen LogP contribution in [0.1, 0.15) is 18.4 Å². The summed E-state index contributed by atoms with van der Waals surface area (Å²) in [6.07, 6.45) is 4.11. The van der Waals surface area contributed by atoms with Crippen molar-refractivity contribution in [1.29, 1.82) is 0 Å². The molecule has 2 aliphatic rings. The molecule has 0 bridgehead atoms. The molecular weight excluding hydrogens is 518 g/mol. The van der Waals surface area contributed by atoms with Crippen LogP contribution in [-0.4, -0.2) is 48.9 Å². The van der Waals surface area contributed by atoms with Crippen LogP contribution in [-0.2, 0) is 16.1 Å². The molecule has 4 nitrogen and oxygen atoms in total. The number of ether oxygens (including phenoxy) is 1. The van der Waals surface area contributed by atoms with Gasteiger partial charge < -0.3 is 0 Å². The average molecular weight is 541 g/mol. The molecule has 0 N–H and O–H groups in total. The molecule has 0 saturated carbocycles. The van der Waals surface area contributed by atoms with Crippen molar-refractivity contribution in [1.82, 2.24) is 0 Å². The first-order valence-corrected chi connectivity index (χ1v) is 13.8. The molecule has 1 aliphatic carbocycles. The Morgan fingerprint density at radius 1 is 1.06 bits per heavy atom. The molecule has 5 rings (SSSR count). The Labute approximate surface area is 194 Å². The summed E-state index contributed by atoms with van der Waals surface area (Å²) in [5.74, 6) is 0.804. The van der Waals surface area contributed by atoms with Crippen molar-refractivity contribution in [2.24, 2.45) is 0 Å². The van der Waals surface area contributed by atoms with E-state index in [1.54, 1.807) is 7.11 Å². The number of hydrogen-bond acceptors (Lipinski definition) is 3. The van der Waals surface area contributed by atoms with Gasteiger partial charge in [0.25, 0.3) is 0 Å². The van der Waals surface area contributed by atoms with E-state index in [1.165, 1.54) is 29.1 Å². The van der Waals surface area contributed by atoms with Crippen LogP contribution in [0.25, 0.3) is 15.9 Å². The molecule has 0 fully saturated rings. The first kappa shape index (κ1) is 20.5. The number of carbonyl (C=O) groups is 1. The van der Waals surface area contributed by atoms with Crippen molar-refractivity contribution >= 4 is 61.2 Å². The summed E-state index contributed by atoms with van der Waals surface area (Å²) in [7, 11) is 1.66. The number of Topliss-reactive ketones (excluding diaryl/α,β-unsaturated/α-hetero) is 1. The standard InChI is InChI=1S/C25H23N2O2Se2/c1-4-26-18-10-6-8-12-20(18)30-22(26)14-16-24(28)17(25(16)29-3)15-23-27(5-2)19-11-7-9-13-21(19)31-23/h6-15H,4-5H2,1-3H3/q+1. The summed E-state index contributed by atoms with van der Waals surface area (Å²) in [5.41, 5.74) is 3.92. The third kappa shape index (κ3) is 3.35. The van der Waals surface area contributed by atoms with Crippen LogP contribution in [0.3, 0.4) is 0 Å². The van der Waals surface area contributed by atoms with Gasteiger partial charge in [0.2, 0.25) is 0 Å². The van der Waals surface area contributed by atoms with Gasteiger partial charge in [-0.2, -0.15) is 0 Å². The maximum atomic E-state index is 13.2. The molecular formula is C25H23N2O2Se2+. The van der Waals surface area contributed by atoms with Crippen molar-refractivity contribution in [3.8, 4) is 0 Å². The number of nitrogens with zero attached hydrogens (tertiary/aromatic N) is 2. The average Bonchev–Trinajstić information content (AvgIpc) is 3.34. The number of ketones is 1. The number of anilines is 1. The quantitative estimate of drug-likeness (QED) is 0.283. The fourth-order valence-corrected chi connectivity index (χ4v) is 9.04. The van der Waals surface area contributed by atoms with E-state index in [0.717, 1.165) is 18.8 Å². The van der Waals surface area contributed by atoms with E-state index in [9.17, 15) is 4.79 Å². The molecule has 0 atom stereocenters.